The van der Waals surface area contributed by atoms with Crippen LogP contribution in [0.25, 0.3) is 0 Å². The van der Waals surface area contributed by atoms with Crippen molar-refractivity contribution >= 4 is 6.09 Å². The average Bonchev–Trinajstić information content (AvgIpc) is 2.55. The summed E-state index contributed by atoms with van der Waals surface area (Å²) in [5.74, 6) is 2.26. The number of fused-ring (bicyclic) bond motifs is 1. The van der Waals surface area contributed by atoms with Gasteiger partial charge in [-0.15, -0.1) is 0 Å². The maximum Gasteiger partial charge on any atom is 0.407 e. The van der Waals surface area contributed by atoms with Crippen LogP contribution in [-0.2, 0) is 4.74 Å². The molecule has 15 heavy (non-hydrogen) atoms. The molecule has 1 aliphatic carbocycles. The van der Waals surface area contributed by atoms with Crippen molar-refractivity contribution in [1.29, 1.82) is 0 Å². The van der Waals surface area contributed by atoms with Gasteiger partial charge in [-0.1, -0.05) is 0 Å². The van der Waals surface area contributed by atoms with Gasteiger partial charge >= 0.3 is 6.09 Å². The molecule has 1 saturated heterocycles. The smallest absolute Gasteiger partial charge is 0.407 e. The minimum atomic E-state index is -0.398. The van der Waals surface area contributed by atoms with Gasteiger partial charge in [0.1, 0.15) is 5.60 Å². The van der Waals surface area contributed by atoms with E-state index >= 15 is 0 Å². The molecule has 0 aromatic carbocycles. The van der Waals surface area contributed by atoms with Crippen molar-refractivity contribution in [2.24, 2.45) is 17.8 Å². The molecule has 1 aliphatic heterocycles. The molecule has 0 radical (unpaired) electrons. The van der Waals surface area contributed by atoms with Crippen LogP contribution in [0.3, 0.4) is 0 Å². The number of hydrogen-bond acceptors (Lipinski definition) is 3. The molecule has 2 aliphatic rings. The molecule has 3 atom stereocenters. The lowest BCUT2D eigenvalue weighted by atomic mass is 10.2. The third-order valence-corrected chi connectivity index (χ3v) is 3.15. The first-order valence-corrected chi connectivity index (χ1v) is 5.65. The summed E-state index contributed by atoms with van der Waals surface area (Å²) in [5.41, 5.74) is -0.398. The highest BCUT2D eigenvalue weighted by Crippen LogP contribution is 2.47. The topological polar surface area (TPSA) is 50.4 Å². The monoisotopic (exact) mass is 212 g/mol. The summed E-state index contributed by atoms with van der Waals surface area (Å²) in [5, 5.41) is 6.17. The van der Waals surface area contributed by atoms with Gasteiger partial charge in [-0.25, -0.2) is 4.79 Å². The average molecular weight is 212 g/mol. The molecule has 0 aromatic rings. The maximum absolute atomic E-state index is 11.4. The van der Waals surface area contributed by atoms with E-state index in [-0.39, 0.29) is 6.09 Å². The number of rotatable bonds is 2. The van der Waals surface area contributed by atoms with Gasteiger partial charge in [-0.05, 0) is 51.6 Å². The van der Waals surface area contributed by atoms with Crippen LogP contribution in [0.4, 0.5) is 4.79 Å². The Morgan fingerprint density at radius 2 is 2.00 bits per heavy atom. The number of nitrogens with one attached hydrogen (secondary N) is 2. The minimum Gasteiger partial charge on any atom is -0.444 e. The quantitative estimate of drug-likeness (QED) is 0.717. The molecular weight excluding hydrogens is 192 g/mol. The Bertz CT molecular complexity index is 250. The van der Waals surface area contributed by atoms with E-state index in [2.05, 4.69) is 10.6 Å². The summed E-state index contributed by atoms with van der Waals surface area (Å²) >= 11 is 0. The number of ether oxygens (including phenoxy) is 1. The molecule has 0 bridgehead atoms. The first-order chi connectivity index (χ1) is 6.97. The van der Waals surface area contributed by atoms with Crippen LogP contribution in [0, 0.1) is 17.8 Å². The van der Waals surface area contributed by atoms with E-state index in [0.717, 1.165) is 31.5 Å². The van der Waals surface area contributed by atoms with Crippen molar-refractivity contribution in [3.05, 3.63) is 0 Å². The predicted octanol–water partition coefficient (Wildman–Crippen LogP) is 0.976. The Morgan fingerprint density at radius 3 is 2.53 bits per heavy atom. The molecule has 2 N–H and O–H groups in total. The zero-order valence-electron chi connectivity index (χ0n) is 9.67. The van der Waals surface area contributed by atoms with E-state index in [1.165, 1.54) is 0 Å². The number of carbonyl (C=O) groups excluding carboxylic acids is 1. The maximum atomic E-state index is 11.4. The van der Waals surface area contributed by atoms with Crippen molar-refractivity contribution in [1.82, 2.24) is 10.6 Å². The zero-order chi connectivity index (χ0) is 11.1. The fourth-order valence-corrected chi connectivity index (χ4v) is 2.36. The first-order valence-electron chi connectivity index (χ1n) is 5.65. The van der Waals surface area contributed by atoms with E-state index in [0.29, 0.717) is 5.92 Å². The number of hydrogen-bond donors (Lipinski definition) is 2. The van der Waals surface area contributed by atoms with Crippen LogP contribution in [0.15, 0.2) is 0 Å². The third kappa shape index (κ3) is 2.62. The highest BCUT2D eigenvalue weighted by molar-refractivity contribution is 5.67. The highest BCUT2D eigenvalue weighted by atomic mass is 16.6. The van der Waals surface area contributed by atoms with Gasteiger partial charge in [0.15, 0.2) is 0 Å². The molecule has 4 heteroatoms. The number of amides is 1. The Morgan fingerprint density at radius 1 is 1.40 bits per heavy atom. The summed E-state index contributed by atoms with van der Waals surface area (Å²) in [7, 11) is 0. The summed E-state index contributed by atoms with van der Waals surface area (Å²) in [4.78, 5) is 11.4. The molecular formula is C11H20N2O2. The van der Waals surface area contributed by atoms with Crippen LogP contribution < -0.4 is 10.6 Å². The Kier molecular flexibility index (Phi) is 2.63. The molecule has 1 saturated carbocycles. The van der Waals surface area contributed by atoms with Crippen LogP contribution in [0.1, 0.15) is 20.8 Å². The second-order valence-corrected chi connectivity index (χ2v) is 5.53. The van der Waals surface area contributed by atoms with Gasteiger partial charge in [-0.2, -0.15) is 0 Å². The zero-order valence-corrected chi connectivity index (χ0v) is 9.67. The van der Waals surface area contributed by atoms with E-state index in [1.54, 1.807) is 0 Å². The van der Waals surface area contributed by atoms with E-state index < -0.39 is 5.60 Å². The van der Waals surface area contributed by atoms with Gasteiger partial charge in [-0.3, -0.25) is 0 Å². The summed E-state index contributed by atoms with van der Waals surface area (Å²) in [6.45, 7) is 8.63. The molecule has 2 rings (SSSR count). The fraction of sp³-hybridized carbons (Fsp3) is 0.909. The lowest BCUT2D eigenvalue weighted by Crippen LogP contribution is -2.34. The van der Waals surface area contributed by atoms with Crippen molar-refractivity contribution in [2.75, 3.05) is 19.6 Å². The molecule has 4 nitrogen and oxygen atoms in total. The molecule has 0 aromatic heterocycles. The van der Waals surface area contributed by atoms with Crippen LogP contribution in [0.5, 0.6) is 0 Å². The molecule has 1 unspecified atom stereocenters. The van der Waals surface area contributed by atoms with Gasteiger partial charge in [0.05, 0.1) is 0 Å². The third-order valence-electron chi connectivity index (χ3n) is 3.15. The minimum absolute atomic E-state index is 0.291. The molecule has 1 heterocycles. The van der Waals surface area contributed by atoms with Crippen LogP contribution in [0.2, 0.25) is 0 Å². The van der Waals surface area contributed by atoms with Gasteiger partial charge in [0.2, 0.25) is 0 Å². The molecule has 1 amide bonds. The van der Waals surface area contributed by atoms with Crippen LogP contribution in [-0.4, -0.2) is 31.3 Å². The normalized spacial score (nSPS) is 33.4. The lowest BCUT2D eigenvalue weighted by molar-refractivity contribution is 0.0523. The van der Waals surface area contributed by atoms with Crippen molar-refractivity contribution in [3.8, 4) is 0 Å². The van der Waals surface area contributed by atoms with Crippen molar-refractivity contribution in [3.63, 3.8) is 0 Å². The summed E-state index contributed by atoms with van der Waals surface area (Å²) in [6, 6.07) is 0. The standard InChI is InChI=1S/C11H20N2O2/c1-11(2,3)15-10(14)13-6-9-7-4-12-5-8(7)9/h7-9,12H,4-6H2,1-3H3,(H,13,14)/t7-,8+,9?. The SMILES string of the molecule is CC(C)(C)OC(=O)NCC1[C@H]2CNC[C@@H]12. The van der Waals surface area contributed by atoms with Crippen molar-refractivity contribution in [2.45, 2.75) is 26.4 Å². The van der Waals surface area contributed by atoms with Gasteiger partial charge < -0.3 is 15.4 Å². The van der Waals surface area contributed by atoms with E-state index in [9.17, 15) is 4.79 Å². The second-order valence-electron chi connectivity index (χ2n) is 5.53. The van der Waals surface area contributed by atoms with E-state index in [4.69, 9.17) is 4.74 Å². The predicted molar refractivity (Wildman–Crippen MR) is 57.6 cm³/mol. The number of alkyl carbamates (subject to hydrolysis) is 1. The second kappa shape index (κ2) is 3.67. The first kappa shape index (κ1) is 10.7. The molecule has 2 fully saturated rings. The van der Waals surface area contributed by atoms with E-state index in [1.807, 2.05) is 20.8 Å². The Hall–Kier alpha value is -0.770. The summed E-state index contributed by atoms with van der Waals surface area (Å²) < 4.78 is 5.17. The van der Waals surface area contributed by atoms with Crippen molar-refractivity contribution < 1.29 is 9.53 Å². The highest BCUT2D eigenvalue weighted by Gasteiger charge is 2.52. The number of carbonyl (C=O) groups is 1. The molecule has 0 spiro atoms. The largest absolute Gasteiger partial charge is 0.444 e. The lowest BCUT2D eigenvalue weighted by Gasteiger charge is -2.19. The Labute approximate surface area is 90.8 Å². The molecule has 86 valence electrons. The Balaban J connectivity index is 1.64. The van der Waals surface area contributed by atoms with Gasteiger partial charge in [0.25, 0.3) is 0 Å². The van der Waals surface area contributed by atoms with Gasteiger partial charge in [0, 0.05) is 6.54 Å². The van der Waals surface area contributed by atoms with Crippen LogP contribution >= 0.6 is 0 Å². The number of piperidine rings is 1. The fourth-order valence-electron chi connectivity index (χ4n) is 2.36. The summed E-state index contributed by atoms with van der Waals surface area (Å²) in [6.07, 6.45) is -0.291.